The molecule has 0 radical (unpaired) electrons. The molecule has 0 aliphatic carbocycles. The molecule has 0 fully saturated rings. The predicted octanol–water partition coefficient (Wildman–Crippen LogP) is -0.930. The van der Waals surface area contributed by atoms with Crippen molar-refractivity contribution in [2.75, 3.05) is 0 Å². The van der Waals surface area contributed by atoms with Gasteiger partial charge in [-0.25, -0.2) is 0 Å². The summed E-state index contributed by atoms with van der Waals surface area (Å²) in [4.78, 5) is 20.2. The van der Waals surface area contributed by atoms with Crippen molar-refractivity contribution in [2.24, 2.45) is 5.73 Å². The number of hydrogen-bond donors (Lipinski definition) is 2. The third kappa shape index (κ3) is 3.99. The molecular formula is C4H7NO3S. The molecule has 0 unspecified atom stereocenters. The summed E-state index contributed by atoms with van der Waals surface area (Å²) in [5, 5.41) is 8.23. The first-order valence-corrected chi connectivity index (χ1v) is 3.06. The first-order valence-electron chi connectivity index (χ1n) is 2.18. The minimum Gasteiger partial charge on any atom is -0.373 e. The third-order valence-electron chi connectivity index (χ3n) is 0.521. The molecule has 0 bridgehead atoms. The highest BCUT2D eigenvalue weighted by molar-refractivity contribution is 8.14. The third-order valence-corrected chi connectivity index (χ3v) is 1.31. The Labute approximate surface area is 56.4 Å². The Bertz CT molecular complexity index is 136. The van der Waals surface area contributed by atoms with Gasteiger partial charge in [-0.15, -0.1) is 0 Å². The highest BCUT2D eigenvalue weighted by Crippen LogP contribution is 2.06. The molecular weight excluding hydrogens is 142 g/mol. The number of primary amides is 1. The van der Waals surface area contributed by atoms with Crippen LogP contribution < -0.4 is 5.73 Å². The summed E-state index contributed by atoms with van der Waals surface area (Å²) < 4.78 is 0. The van der Waals surface area contributed by atoms with E-state index < -0.39 is 11.3 Å². The van der Waals surface area contributed by atoms with Crippen LogP contribution in [0.5, 0.6) is 0 Å². The highest BCUT2D eigenvalue weighted by Gasteiger charge is 2.12. The first kappa shape index (κ1) is 8.45. The summed E-state index contributed by atoms with van der Waals surface area (Å²) >= 11 is 0.505. The smallest absolute Gasteiger partial charge is 0.257 e. The van der Waals surface area contributed by atoms with Crippen LogP contribution in [0.1, 0.15) is 6.92 Å². The van der Waals surface area contributed by atoms with Crippen LogP contribution >= 0.6 is 11.8 Å². The number of amides is 1. The van der Waals surface area contributed by atoms with Gasteiger partial charge in [-0.3, -0.25) is 9.59 Å². The van der Waals surface area contributed by atoms with Crippen molar-refractivity contribution in [3.63, 3.8) is 0 Å². The average Bonchev–Trinajstić information content (AvgIpc) is 1.63. The number of aliphatic hydroxyl groups is 1. The van der Waals surface area contributed by atoms with E-state index in [9.17, 15) is 9.59 Å². The fourth-order valence-electron chi connectivity index (χ4n) is 0.215. The Morgan fingerprint density at radius 2 is 2.11 bits per heavy atom. The van der Waals surface area contributed by atoms with E-state index in [0.29, 0.717) is 11.8 Å². The van der Waals surface area contributed by atoms with Gasteiger partial charge in [-0.2, -0.15) is 0 Å². The SMILES string of the molecule is CC(=O)S[C@H](O)C(N)=O. The van der Waals surface area contributed by atoms with Gasteiger partial charge >= 0.3 is 0 Å². The number of thioether (sulfide) groups is 1. The highest BCUT2D eigenvalue weighted by atomic mass is 32.2. The van der Waals surface area contributed by atoms with E-state index in [-0.39, 0.29) is 5.12 Å². The summed E-state index contributed by atoms with van der Waals surface area (Å²) in [6.07, 6.45) is 0. The van der Waals surface area contributed by atoms with E-state index in [4.69, 9.17) is 5.11 Å². The Balaban J connectivity index is 3.63. The van der Waals surface area contributed by atoms with Crippen LogP contribution in [0.25, 0.3) is 0 Å². The van der Waals surface area contributed by atoms with Crippen LogP contribution in [-0.4, -0.2) is 21.6 Å². The molecule has 1 atom stereocenters. The number of carbonyl (C=O) groups excluding carboxylic acids is 2. The Morgan fingerprint density at radius 1 is 1.67 bits per heavy atom. The van der Waals surface area contributed by atoms with Crippen molar-refractivity contribution in [2.45, 2.75) is 12.4 Å². The first-order chi connectivity index (χ1) is 4.04. The molecule has 0 saturated carbocycles. The van der Waals surface area contributed by atoms with Gasteiger partial charge in [0.05, 0.1) is 0 Å². The largest absolute Gasteiger partial charge is 0.373 e. The lowest BCUT2D eigenvalue weighted by atomic mass is 10.7. The molecule has 0 heterocycles. The molecule has 0 aliphatic rings. The van der Waals surface area contributed by atoms with Crippen molar-refractivity contribution >= 4 is 22.8 Å². The van der Waals surface area contributed by atoms with Crippen LogP contribution in [0.3, 0.4) is 0 Å². The Morgan fingerprint density at radius 3 is 2.22 bits per heavy atom. The molecule has 0 aliphatic heterocycles. The number of nitrogens with two attached hydrogens (primary N) is 1. The summed E-state index contributed by atoms with van der Waals surface area (Å²) in [5.41, 5.74) is 3.22. The minimum atomic E-state index is -1.40. The molecule has 0 aromatic rings. The lowest BCUT2D eigenvalue weighted by Crippen LogP contribution is -2.25. The number of rotatable bonds is 2. The van der Waals surface area contributed by atoms with Crippen molar-refractivity contribution in [3.05, 3.63) is 0 Å². The molecule has 5 heteroatoms. The summed E-state index contributed by atoms with van der Waals surface area (Å²) in [6, 6.07) is 0. The lowest BCUT2D eigenvalue weighted by molar-refractivity contribution is -0.122. The predicted molar refractivity (Wildman–Crippen MR) is 33.5 cm³/mol. The maximum absolute atomic E-state index is 10.2. The van der Waals surface area contributed by atoms with Crippen molar-refractivity contribution < 1.29 is 14.7 Å². The zero-order valence-electron chi connectivity index (χ0n) is 4.83. The van der Waals surface area contributed by atoms with Gasteiger partial charge in [0.2, 0.25) is 0 Å². The van der Waals surface area contributed by atoms with Crippen LogP contribution in [0.4, 0.5) is 0 Å². The standard InChI is InChI=1S/C4H7NO3S/c1-2(6)9-4(8)3(5)7/h4,8H,1H3,(H2,5,7)/t4-/m0/s1. The van der Waals surface area contributed by atoms with Gasteiger partial charge in [0.25, 0.3) is 5.91 Å². The molecule has 0 aromatic carbocycles. The molecule has 1 amide bonds. The zero-order chi connectivity index (χ0) is 7.44. The van der Waals surface area contributed by atoms with Gasteiger partial charge in [0.15, 0.2) is 10.6 Å². The number of aliphatic hydroxyl groups excluding tert-OH is 1. The average molecular weight is 149 g/mol. The lowest BCUT2D eigenvalue weighted by Gasteiger charge is -1.99. The second kappa shape index (κ2) is 3.47. The zero-order valence-corrected chi connectivity index (χ0v) is 5.64. The van der Waals surface area contributed by atoms with E-state index in [2.05, 4.69) is 5.73 Å². The molecule has 0 saturated heterocycles. The Hall–Kier alpha value is -0.550. The normalized spacial score (nSPS) is 12.7. The topological polar surface area (TPSA) is 80.4 Å². The molecule has 9 heavy (non-hydrogen) atoms. The molecule has 0 spiro atoms. The molecule has 52 valence electrons. The van der Waals surface area contributed by atoms with Crippen LogP contribution in [0, 0.1) is 0 Å². The van der Waals surface area contributed by atoms with Gasteiger partial charge in [-0.05, 0) is 11.8 Å². The van der Waals surface area contributed by atoms with Gasteiger partial charge < -0.3 is 10.8 Å². The molecule has 3 N–H and O–H groups in total. The maximum atomic E-state index is 10.2. The van der Waals surface area contributed by atoms with Crippen molar-refractivity contribution in [1.29, 1.82) is 0 Å². The molecule has 0 rings (SSSR count). The fourth-order valence-corrected chi connectivity index (χ4v) is 0.646. The molecule has 0 aromatic heterocycles. The van der Waals surface area contributed by atoms with Crippen molar-refractivity contribution in [1.82, 2.24) is 0 Å². The fraction of sp³-hybridized carbons (Fsp3) is 0.500. The van der Waals surface area contributed by atoms with Gasteiger partial charge in [0, 0.05) is 6.92 Å². The van der Waals surface area contributed by atoms with Gasteiger partial charge in [0.1, 0.15) is 0 Å². The number of carbonyl (C=O) groups is 2. The van der Waals surface area contributed by atoms with E-state index in [1.165, 1.54) is 6.92 Å². The maximum Gasteiger partial charge on any atom is 0.257 e. The van der Waals surface area contributed by atoms with Crippen LogP contribution in [-0.2, 0) is 9.59 Å². The minimum absolute atomic E-state index is 0.332. The molecule has 4 nitrogen and oxygen atoms in total. The summed E-state index contributed by atoms with van der Waals surface area (Å²) in [7, 11) is 0. The summed E-state index contributed by atoms with van der Waals surface area (Å²) in [6.45, 7) is 1.25. The van der Waals surface area contributed by atoms with E-state index >= 15 is 0 Å². The second-order valence-corrected chi connectivity index (χ2v) is 2.62. The van der Waals surface area contributed by atoms with E-state index in [1.807, 2.05) is 0 Å². The number of hydrogen-bond acceptors (Lipinski definition) is 4. The quantitative estimate of drug-likeness (QED) is 0.497. The second-order valence-electron chi connectivity index (χ2n) is 1.36. The Kier molecular flexibility index (Phi) is 3.26. The van der Waals surface area contributed by atoms with E-state index in [1.54, 1.807) is 0 Å². The monoisotopic (exact) mass is 149 g/mol. The van der Waals surface area contributed by atoms with E-state index in [0.717, 1.165) is 0 Å². The van der Waals surface area contributed by atoms with Gasteiger partial charge in [-0.1, -0.05) is 0 Å². The summed E-state index contributed by atoms with van der Waals surface area (Å²) in [5.74, 6) is -0.893. The van der Waals surface area contributed by atoms with Crippen LogP contribution in [0.2, 0.25) is 0 Å². The van der Waals surface area contributed by atoms with Crippen molar-refractivity contribution in [3.8, 4) is 0 Å². The van der Waals surface area contributed by atoms with Crippen LogP contribution in [0.15, 0.2) is 0 Å².